The molecule has 0 aromatic heterocycles. The Morgan fingerprint density at radius 3 is 2.62 bits per heavy atom. The predicted octanol–water partition coefficient (Wildman–Crippen LogP) is 1.64. The van der Waals surface area contributed by atoms with Crippen molar-refractivity contribution in [2.75, 3.05) is 26.2 Å². The highest BCUT2D eigenvalue weighted by molar-refractivity contribution is 5.94. The third kappa shape index (κ3) is 3.60. The largest absolute Gasteiger partial charge is 0.341 e. The van der Waals surface area contributed by atoms with Crippen molar-refractivity contribution in [2.24, 2.45) is 0 Å². The third-order valence-electron chi connectivity index (χ3n) is 3.68. The fourth-order valence-electron chi connectivity index (χ4n) is 2.50. The normalized spacial score (nSPS) is 15.2. The van der Waals surface area contributed by atoms with Gasteiger partial charge >= 0.3 is 0 Å². The standard InChI is InChI=1S/C16H19N3O2/c1-2-15(20)18-7-4-8-19(10-9-18)16(21)14-6-3-5-13(11-14)12-17/h3,5-6,11H,2,4,7-10H2,1H3. The van der Waals surface area contributed by atoms with Crippen molar-refractivity contribution < 1.29 is 9.59 Å². The molecule has 0 unspecified atom stereocenters. The lowest BCUT2D eigenvalue weighted by Crippen LogP contribution is -2.37. The van der Waals surface area contributed by atoms with Gasteiger partial charge in [0.2, 0.25) is 5.91 Å². The zero-order chi connectivity index (χ0) is 15.2. The van der Waals surface area contributed by atoms with Crippen LogP contribution in [0.1, 0.15) is 35.7 Å². The second-order valence-corrected chi connectivity index (χ2v) is 5.07. The minimum atomic E-state index is -0.0714. The summed E-state index contributed by atoms with van der Waals surface area (Å²) in [7, 11) is 0. The van der Waals surface area contributed by atoms with E-state index in [-0.39, 0.29) is 11.8 Å². The van der Waals surface area contributed by atoms with Crippen LogP contribution >= 0.6 is 0 Å². The van der Waals surface area contributed by atoms with E-state index in [4.69, 9.17) is 5.26 Å². The molecule has 0 spiro atoms. The molecule has 0 atom stereocenters. The minimum absolute atomic E-state index is 0.0714. The van der Waals surface area contributed by atoms with Gasteiger partial charge in [0, 0.05) is 38.2 Å². The molecule has 0 bridgehead atoms. The lowest BCUT2D eigenvalue weighted by molar-refractivity contribution is -0.130. The Morgan fingerprint density at radius 2 is 1.90 bits per heavy atom. The van der Waals surface area contributed by atoms with Gasteiger partial charge in [0.1, 0.15) is 0 Å². The highest BCUT2D eigenvalue weighted by atomic mass is 16.2. The molecule has 5 heteroatoms. The summed E-state index contributed by atoms with van der Waals surface area (Å²) in [6, 6.07) is 8.78. The molecule has 1 aliphatic rings. The zero-order valence-corrected chi connectivity index (χ0v) is 12.2. The molecular weight excluding hydrogens is 266 g/mol. The Kier molecular flexibility index (Phi) is 4.94. The van der Waals surface area contributed by atoms with Gasteiger partial charge in [0.15, 0.2) is 0 Å². The van der Waals surface area contributed by atoms with E-state index in [1.807, 2.05) is 17.9 Å². The summed E-state index contributed by atoms with van der Waals surface area (Å²) in [5.41, 5.74) is 1.02. The van der Waals surface area contributed by atoms with Crippen LogP contribution < -0.4 is 0 Å². The maximum atomic E-state index is 12.5. The van der Waals surface area contributed by atoms with Crippen LogP contribution in [-0.4, -0.2) is 47.8 Å². The predicted molar refractivity (Wildman–Crippen MR) is 78.5 cm³/mol. The van der Waals surface area contributed by atoms with Crippen molar-refractivity contribution in [3.63, 3.8) is 0 Å². The van der Waals surface area contributed by atoms with E-state index >= 15 is 0 Å². The zero-order valence-electron chi connectivity index (χ0n) is 12.2. The van der Waals surface area contributed by atoms with Crippen LogP contribution in [0, 0.1) is 11.3 Å². The first-order chi connectivity index (χ1) is 10.2. The molecule has 0 radical (unpaired) electrons. The molecule has 0 saturated carbocycles. The Morgan fingerprint density at radius 1 is 1.19 bits per heavy atom. The van der Waals surface area contributed by atoms with E-state index < -0.39 is 0 Å². The summed E-state index contributed by atoms with van der Waals surface area (Å²) in [5, 5.41) is 8.90. The van der Waals surface area contributed by atoms with Crippen molar-refractivity contribution in [1.29, 1.82) is 5.26 Å². The van der Waals surface area contributed by atoms with Crippen LogP contribution in [0.25, 0.3) is 0 Å². The number of hydrogen-bond acceptors (Lipinski definition) is 3. The molecule has 1 aromatic rings. The summed E-state index contributed by atoms with van der Waals surface area (Å²) >= 11 is 0. The first-order valence-electron chi connectivity index (χ1n) is 7.23. The topological polar surface area (TPSA) is 64.4 Å². The minimum Gasteiger partial charge on any atom is -0.341 e. The number of hydrogen-bond donors (Lipinski definition) is 0. The summed E-state index contributed by atoms with van der Waals surface area (Å²) < 4.78 is 0. The number of amides is 2. The molecule has 5 nitrogen and oxygen atoms in total. The molecule has 1 saturated heterocycles. The first-order valence-corrected chi connectivity index (χ1v) is 7.23. The Labute approximate surface area is 124 Å². The molecule has 1 aromatic carbocycles. The summed E-state index contributed by atoms with van der Waals surface area (Å²) in [5.74, 6) is 0.0636. The molecule has 1 fully saturated rings. The molecular formula is C16H19N3O2. The summed E-state index contributed by atoms with van der Waals surface area (Å²) in [4.78, 5) is 27.8. The van der Waals surface area contributed by atoms with Gasteiger partial charge in [-0.25, -0.2) is 0 Å². The monoisotopic (exact) mass is 285 g/mol. The van der Waals surface area contributed by atoms with Gasteiger partial charge in [-0.05, 0) is 24.6 Å². The van der Waals surface area contributed by atoms with Crippen LogP contribution in [0.2, 0.25) is 0 Å². The SMILES string of the molecule is CCC(=O)N1CCCN(C(=O)c2cccc(C#N)c2)CC1. The first kappa shape index (κ1) is 15.0. The van der Waals surface area contributed by atoms with Gasteiger partial charge in [-0.3, -0.25) is 9.59 Å². The lowest BCUT2D eigenvalue weighted by atomic mass is 10.1. The third-order valence-corrected chi connectivity index (χ3v) is 3.68. The summed E-state index contributed by atoms with van der Waals surface area (Å²) in [6.45, 7) is 4.32. The van der Waals surface area contributed by atoms with Gasteiger partial charge in [-0.2, -0.15) is 5.26 Å². The Hall–Kier alpha value is -2.35. The maximum Gasteiger partial charge on any atom is 0.253 e. The van der Waals surface area contributed by atoms with E-state index in [0.29, 0.717) is 43.7 Å². The second-order valence-electron chi connectivity index (χ2n) is 5.07. The molecule has 0 N–H and O–H groups in total. The van der Waals surface area contributed by atoms with Crippen LogP contribution in [0.4, 0.5) is 0 Å². The van der Waals surface area contributed by atoms with Crippen LogP contribution in [0.15, 0.2) is 24.3 Å². The van der Waals surface area contributed by atoms with Gasteiger partial charge in [0.25, 0.3) is 5.91 Å². The van der Waals surface area contributed by atoms with Crippen molar-refractivity contribution in [3.8, 4) is 6.07 Å². The van der Waals surface area contributed by atoms with Gasteiger partial charge in [-0.1, -0.05) is 13.0 Å². The lowest BCUT2D eigenvalue weighted by Gasteiger charge is -2.22. The fourth-order valence-corrected chi connectivity index (χ4v) is 2.50. The van der Waals surface area contributed by atoms with Crippen LogP contribution in [0.5, 0.6) is 0 Å². The van der Waals surface area contributed by atoms with Crippen molar-refractivity contribution >= 4 is 11.8 Å². The average molecular weight is 285 g/mol. The molecule has 1 aliphatic heterocycles. The van der Waals surface area contributed by atoms with E-state index in [0.717, 1.165) is 6.42 Å². The molecule has 2 amide bonds. The van der Waals surface area contributed by atoms with E-state index in [1.54, 1.807) is 29.2 Å². The number of nitrogens with zero attached hydrogens (tertiary/aromatic N) is 3. The molecule has 2 rings (SSSR count). The van der Waals surface area contributed by atoms with Crippen molar-refractivity contribution in [1.82, 2.24) is 9.80 Å². The smallest absolute Gasteiger partial charge is 0.253 e. The van der Waals surface area contributed by atoms with Crippen LogP contribution in [0.3, 0.4) is 0 Å². The van der Waals surface area contributed by atoms with Crippen molar-refractivity contribution in [2.45, 2.75) is 19.8 Å². The number of rotatable bonds is 2. The fraction of sp³-hybridized carbons (Fsp3) is 0.438. The van der Waals surface area contributed by atoms with E-state index in [1.165, 1.54) is 0 Å². The summed E-state index contributed by atoms with van der Waals surface area (Å²) in [6.07, 6.45) is 1.29. The second kappa shape index (κ2) is 6.89. The van der Waals surface area contributed by atoms with E-state index in [2.05, 4.69) is 0 Å². The average Bonchev–Trinajstić information content (AvgIpc) is 2.79. The number of carbonyl (C=O) groups excluding carboxylic acids is 2. The molecule has 1 heterocycles. The number of carbonyl (C=O) groups is 2. The maximum absolute atomic E-state index is 12.5. The molecule has 0 aliphatic carbocycles. The highest BCUT2D eigenvalue weighted by Crippen LogP contribution is 2.11. The van der Waals surface area contributed by atoms with Gasteiger partial charge < -0.3 is 9.80 Å². The van der Waals surface area contributed by atoms with Gasteiger partial charge in [-0.15, -0.1) is 0 Å². The number of nitriles is 1. The quantitative estimate of drug-likeness (QED) is 0.829. The Balaban J connectivity index is 2.06. The van der Waals surface area contributed by atoms with Gasteiger partial charge in [0.05, 0.1) is 11.6 Å². The highest BCUT2D eigenvalue weighted by Gasteiger charge is 2.22. The van der Waals surface area contributed by atoms with E-state index in [9.17, 15) is 9.59 Å². The molecule has 110 valence electrons. The van der Waals surface area contributed by atoms with Crippen LogP contribution in [-0.2, 0) is 4.79 Å². The molecule has 21 heavy (non-hydrogen) atoms. The Bertz CT molecular complexity index is 577. The number of benzene rings is 1. The van der Waals surface area contributed by atoms with Crippen molar-refractivity contribution in [3.05, 3.63) is 35.4 Å².